The van der Waals surface area contributed by atoms with Crippen molar-refractivity contribution in [2.45, 2.75) is 126 Å². The number of anilines is 6. The molecule has 24 nitrogen and oxygen atoms in total. The number of nitrogens with one attached hydrogen (secondary N) is 6. The normalized spacial score (nSPS) is 11.0. The van der Waals surface area contributed by atoms with Crippen LogP contribution in [0.2, 0.25) is 0 Å². The van der Waals surface area contributed by atoms with Crippen molar-refractivity contribution in [3.8, 4) is 44.9 Å². The smallest absolute Gasteiger partial charge is 0.744 e. The monoisotopic (exact) mass is 1840 g/mol. The minimum atomic E-state index is -4.74. The molecule has 126 heavy (non-hydrogen) atoms. The van der Waals surface area contributed by atoms with E-state index in [1.54, 1.807) is 49.4 Å². The van der Waals surface area contributed by atoms with Gasteiger partial charge in [0.1, 0.15) is 53.0 Å². The summed E-state index contributed by atoms with van der Waals surface area (Å²) in [6.45, 7) is 28.1. The van der Waals surface area contributed by atoms with E-state index in [0.29, 0.717) is 66.8 Å². The zero-order valence-corrected chi connectivity index (χ0v) is 80.8. The minimum absolute atomic E-state index is 0. The maximum atomic E-state index is 12.3. The fourth-order valence-electron chi connectivity index (χ4n) is 13.1. The number of benzene rings is 12. The van der Waals surface area contributed by atoms with Gasteiger partial charge in [0.2, 0.25) is 32.1 Å². The Morgan fingerprint density at radius 3 is 1.09 bits per heavy atom. The maximum absolute atomic E-state index is 12.3. The van der Waals surface area contributed by atoms with Gasteiger partial charge in [-0.15, -0.1) is 18.7 Å². The van der Waals surface area contributed by atoms with Gasteiger partial charge in [-0.1, -0.05) is 183 Å². The maximum Gasteiger partial charge on any atom is 1.00 e. The molecule has 0 radical (unpaired) electrons. The molecule has 0 saturated heterocycles. The molecular formula is C94H102N6Na2O18S6. The van der Waals surface area contributed by atoms with Crippen LogP contribution >= 0.6 is 0 Å². The van der Waals surface area contributed by atoms with Crippen molar-refractivity contribution < 1.29 is 146 Å². The molecule has 6 N–H and O–H groups in total. The molecule has 0 aromatic heterocycles. The second-order valence-corrected chi connectivity index (χ2v) is 33.5. The number of fused-ring (bicyclic) bond motifs is 4. The molecule has 4 aliphatic rings. The van der Waals surface area contributed by atoms with Gasteiger partial charge in [-0.05, 0) is 158 Å². The zero-order valence-electron chi connectivity index (χ0n) is 71.9. The zero-order chi connectivity index (χ0) is 90.1. The molecule has 10 aromatic rings. The van der Waals surface area contributed by atoms with Gasteiger partial charge in [-0.3, -0.25) is 4.72 Å². The molecule has 2 aliphatic heterocycles. The third kappa shape index (κ3) is 30.2. The molecule has 654 valence electrons. The third-order valence-corrected chi connectivity index (χ3v) is 21.8. The topological polar surface area (TPSA) is 393 Å². The largest absolute Gasteiger partial charge is 1.00 e. The molecule has 0 atom stereocenters. The summed E-state index contributed by atoms with van der Waals surface area (Å²) in [5.74, 6) is 1.10. The SMILES string of the molecule is C.C.CC.CC.CC=Cc1ccc(NS(C)(=O)=O)cc1S(=O)(=O)[O-].CNc1c[c-]c(C)cc1.Cc1cccc(C)c1Nc1ccc2c(-c3ccccc3S(=O)(=O)[O-])c3ccc(=[NH+]c4c(C)cccc4C)cc-3oc2c1.Cc1cccc(C)c1Nc1ccc2c(-c3ccccc3S(=O)(=O)[O-])c3ccc(=[NH+]c4c(C)cccc4C)cc-3oc2c1.O=S(=O)=O.O=S=O.[Na+].[Na+]. The summed E-state index contributed by atoms with van der Waals surface area (Å²) >= 11 is -0.750. The van der Waals surface area contributed by atoms with Gasteiger partial charge in [0, 0.05) is 119 Å². The summed E-state index contributed by atoms with van der Waals surface area (Å²) in [6, 6.07) is 73.0. The molecule has 0 bridgehead atoms. The number of sulfonamides is 1. The summed E-state index contributed by atoms with van der Waals surface area (Å²) in [4.78, 5) is 6.03. The molecular weight excluding hydrogens is 1740 g/mol. The van der Waals surface area contributed by atoms with Crippen molar-refractivity contribution >= 4 is 136 Å². The van der Waals surface area contributed by atoms with Crippen molar-refractivity contribution in [3.63, 3.8) is 0 Å². The fourth-order valence-corrected chi connectivity index (χ4v) is 15.7. The predicted octanol–water partition coefficient (Wildman–Crippen LogP) is 11.3. The van der Waals surface area contributed by atoms with Crippen molar-refractivity contribution in [2.75, 3.05) is 34.0 Å². The Bertz CT molecular complexity index is 6510. The molecule has 0 spiro atoms. The van der Waals surface area contributed by atoms with Crippen LogP contribution in [0.4, 0.5) is 45.5 Å². The van der Waals surface area contributed by atoms with Crippen LogP contribution in [0.15, 0.2) is 260 Å². The second-order valence-electron chi connectivity index (χ2n) is 27.1. The van der Waals surface area contributed by atoms with E-state index in [0.717, 1.165) is 107 Å². The Balaban J connectivity index is 0.000000454. The van der Waals surface area contributed by atoms with Gasteiger partial charge in [0.25, 0.3) is 0 Å². The number of allylic oxidation sites excluding steroid dienone is 1. The number of para-hydroxylation sites is 4. The van der Waals surface area contributed by atoms with Crippen molar-refractivity contribution in [3.05, 3.63) is 309 Å². The van der Waals surface area contributed by atoms with Crippen molar-refractivity contribution in [1.82, 2.24) is 0 Å². The third-order valence-electron chi connectivity index (χ3n) is 18.5. The van der Waals surface area contributed by atoms with E-state index in [4.69, 9.17) is 29.9 Å². The Kier molecular flexibility index (Phi) is 43.8. The van der Waals surface area contributed by atoms with Gasteiger partial charge >= 0.3 is 81.3 Å². The first kappa shape index (κ1) is 110. The van der Waals surface area contributed by atoms with Crippen LogP contribution in [-0.2, 0) is 62.6 Å². The van der Waals surface area contributed by atoms with Crippen LogP contribution in [0.25, 0.3) is 72.9 Å². The van der Waals surface area contributed by atoms with Gasteiger partial charge in [-0.2, -0.15) is 32.2 Å². The average Bonchev–Trinajstić information content (AvgIpc) is 0.745. The Morgan fingerprint density at radius 1 is 0.421 bits per heavy atom. The van der Waals surface area contributed by atoms with Gasteiger partial charge in [0.05, 0.1) is 33.1 Å². The quantitative estimate of drug-likeness (QED) is 0.0240. The molecule has 0 fully saturated rings. The Morgan fingerprint density at radius 2 is 0.762 bits per heavy atom. The van der Waals surface area contributed by atoms with E-state index in [1.165, 1.54) is 35.9 Å². The second kappa shape index (κ2) is 50.3. The molecule has 2 aliphatic carbocycles. The first-order chi connectivity index (χ1) is 57.8. The van der Waals surface area contributed by atoms with Crippen LogP contribution < -0.4 is 100 Å². The van der Waals surface area contributed by atoms with Crippen molar-refractivity contribution in [1.29, 1.82) is 0 Å². The van der Waals surface area contributed by atoms with Crippen LogP contribution in [0, 0.1) is 68.4 Å². The molecule has 32 heteroatoms. The Hall–Kier alpha value is -10.4. The summed E-state index contributed by atoms with van der Waals surface area (Å²) in [6.07, 6.45) is 3.96. The number of hydrogen-bond donors (Lipinski definition) is 6. The van der Waals surface area contributed by atoms with Gasteiger partial charge in [-0.25, -0.2) is 43.7 Å². The van der Waals surface area contributed by atoms with Crippen LogP contribution in [0.5, 0.6) is 0 Å². The average molecular weight is 1840 g/mol. The van der Waals surface area contributed by atoms with E-state index in [2.05, 4.69) is 141 Å². The van der Waals surface area contributed by atoms with E-state index < -0.39 is 67.5 Å². The van der Waals surface area contributed by atoms with Crippen molar-refractivity contribution in [2.24, 2.45) is 0 Å². The summed E-state index contributed by atoms with van der Waals surface area (Å²) < 4.78 is 186. The minimum Gasteiger partial charge on any atom is -0.744 e. The van der Waals surface area contributed by atoms with Gasteiger partial charge < -0.3 is 38.4 Å². The first-order valence-electron chi connectivity index (χ1n) is 38.0. The Labute approximate surface area is 789 Å². The fraction of sp³-hybridized carbons (Fsp3) is 0.191. The van der Waals surface area contributed by atoms with Crippen LogP contribution in [0.3, 0.4) is 0 Å². The van der Waals surface area contributed by atoms with Crippen LogP contribution in [0.1, 0.15) is 105 Å². The number of rotatable bonds is 15. The molecule has 0 saturated carbocycles. The molecule has 0 amide bonds. The van der Waals surface area contributed by atoms with E-state index in [-0.39, 0.29) is 95.0 Å². The van der Waals surface area contributed by atoms with Gasteiger partial charge in [0.15, 0.2) is 0 Å². The van der Waals surface area contributed by atoms with E-state index in [1.807, 2.05) is 157 Å². The first-order valence-corrected chi connectivity index (χ1v) is 45.7. The van der Waals surface area contributed by atoms with E-state index in [9.17, 15) is 47.3 Å². The number of hydrogen-bond acceptors (Lipinski definition) is 21. The summed E-state index contributed by atoms with van der Waals surface area (Å²) in [5.41, 5.74) is 21.6. The summed E-state index contributed by atoms with van der Waals surface area (Å²) in [5, 5.41) is 13.1. The molecule has 0 unspecified atom stereocenters. The summed E-state index contributed by atoms with van der Waals surface area (Å²) in [7, 11) is -18.9. The van der Waals surface area contributed by atoms with Crippen LogP contribution in [-0.4, -0.2) is 81.7 Å². The molecule has 10 aromatic carbocycles. The van der Waals surface area contributed by atoms with E-state index >= 15 is 0 Å². The predicted molar refractivity (Wildman–Crippen MR) is 492 cm³/mol. The molecule has 14 rings (SSSR count). The standard InChI is InChI=1S/2C35H30N2O4S.C10H13NO5S2.C8H10N.2C2H6.2CH4.2Na.O3S.O2S/c2*1-21-9-7-10-22(2)34(21)36-25-15-17-27-30(19-25)41-31-20-26(37-35-23(3)11-8-12-24(35)4)16-18-28(31)33(27)29-13-5-6-14-32(29)42(38,39)40;1-3-4-8-5-6-9(11-17(2,12)13)7-10(8)18(14,15)16;1-7-3-5-8(9-2)6-4-7;2*1-2;;;;;1-4(2)3;1-3-2/h2*5-20,36H,1-4H3,(H,38,39,40);3-7,11H,1-2H3,(H,14,15,16);3,5-6,9H,1-2H3;2*1-2H3;2*1H4;;;;/q;;;-1;;;;;2*+1;;/p-1. The number of aryl methyl sites for hydroxylation is 9. The molecule has 2 heterocycles.